The maximum absolute atomic E-state index is 13.5. The number of halogens is 1. The second-order valence-corrected chi connectivity index (χ2v) is 3.80. The molecule has 4 heteroatoms. The van der Waals surface area contributed by atoms with E-state index in [2.05, 4.69) is 4.74 Å². The van der Waals surface area contributed by atoms with E-state index < -0.39 is 11.8 Å². The van der Waals surface area contributed by atoms with Crippen LogP contribution in [-0.2, 0) is 9.53 Å². The molecule has 0 aromatic heterocycles. The highest BCUT2D eigenvalue weighted by molar-refractivity contribution is 5.86. The van der Waals surface area contributed by atoms with Gasteiger partial charge in [0.1, 0.15) is 5.75 Å². The van der Waals surface area contributed by atoms with Gasteiger partial charge >= 0.3 is 5.97 Å². The molecule has 0 N–H and O–H groups in total. The minimum Gasteiger partial charge on any atom is -0.497 e. The molecule has 0 aliphatic heterocycles. The normalized spacial score (nSPS) is 13.0. The molecule has 98 valence electrons. The summed E-state index contributed by atoms with van der Waals surface area (Å²) in [5, 5.41) is 0. The maximum Gasteiger partial charge on any atom is 0.366 e. The largest absolute Gasteiger partial charge is 0.497 e. The van der Waals surface area contributed by atoms with Crippen molar-refractivity contribution < 1.29 is 18.7 Å². The van der Waals surface area contributed by atoms with E-state index in [-0.39, 0.29) is 12.5 Å². The first-order chi connectivity index (χ1) is 8.58. The van der Waals surface area contributed by atoms with Gasteiger partial charge in [-0.2, -0.15) is 4.39 Å². The summed E-state index contributed by atoms with van der Waals surface area (Å²) in [6.07, 6.45) is 1.24. The van der Waals surface area contributed by atoms with Crippen LogP contribution in [0.25, 0.3) is 0 Å². The average molecular weight is 252 g/mol. The van der Waals surface area contributed by atoms with Gasteiger partial charge < -0.3 is 9.47 Å². The van der Waals surface area contributed by atoms with Crippen LogP contribution in [0.15, 0.2) is 36.2 Å². The fraction of sp³-hybridized carbons (Fsp3) is 0.357. The van der Waals surface area contributed by atoms with Crippen LogP contribution in [0, 0.1) is 0 Å². The van der Waals surface area contributed by atoms with Crippen molar-refractivity contribution in [3.63, 3.8) is 0 Å². The number of hydrogen-bond donors (Lipinski definition) is 0. The molecule has 3 nitrogen and oxygen atoms in total. The molecule has 0 heterocycles. The molecule has 0 saturated carbocycles. The Balaban J connectivity index is 2.83. The molecule has 0 aliphatic carbocycles. The fourth-order valence-electron chi connectivity index (χ4n) is 1.51. The SMILES string of the molecule is CCOC(=O)C(F)=CC(C)c1cccc(OC)c1. The van der Waals surface area contributed by atoms with Gasteiger partial charge in [-0.25, -0.2) is 4.79 Å². The predicted molar refractivity (Wildman–Crippen MR) is 67.2 cm³/mol. The Labute approximate surface area is 106 Å². The lowest BCUT2D eigenvalue weighted by atomic mass is 10.0. The molecule has 0 fully saturated rings. The Morgan fingerprint density at radius 1 is 1.50 bits per heavy atom. The van der Waals surface area contributed by atoms with Crippen molar-refractivity contribution in [2.45, 2.75) is 19.8 Å². The van der Waals surface area contributed by atoms with E-state index in [1.54, 1.807) is 27.0 Å². The van der Waals surface area contributed by atoms with Gasteiger partial charge in [-0.15, -0.1) is 0 Å². The summed E-state index contributed by atoms with van der Waals surface area (Å²) < 4.78 is 23.1. The third kappa shape index (κ3) is 3.87. The molecular formula is C14H17FO3. The lowest BCUT2D eigenvalue weighted by molar-refractivity contribution is -0.140. The van der Waals surface area contributed by atoms with Gasteiger partial charge in [0.2, 0.25) is 5.83 Å². The first kappa shape index (κ1) is 14.2. The number of ether oxygens (including phenoxy) is 2. The first-order valence-electron chi connectivity index (χ1n) is 5.76. The molecule has 1 rings (SSSR count). The lowest BCUT2D eigenvalue weighted by Gasteiger charge is -2.09. The number of methoxy groups -OCH3 is 1. The lowest BCUT2D eigenvalue weighted by Crippen LogP contribution is -2.05. The smallest absolute Gasteiger partial charge is 0.366 e. The maximum atomic E-state index is 13.5. The van der Waals surface area contributed by atoms with Crippen molar-refractivity contribution in [1.82, 2.24) is 0 Å². The van der Waals surface area contributed by atoms with Crippen molar-refractivity contribution in [2.24, 2.45) is 0 Å². The molecule has 18 heavy (non-hydrogen) atoms. The van der Waals surface area contributed by atoms with Gasteiger partial charge in [-0.05, 0) is 30.7 Å². The van der Waals surface area contributed by atoms with Crippen LogP contribution in [0.1, 0.15) is 25.3 Å². The molecular weight excluding hydrogens is 235 g/mol. The Bertz CT molecular complexity index is 440. The molecule has 0 spiro atoms. The molecule has 1 unspecified atom stereocenters. The Hall–Kier alpha value is -1.84. The third-order valence-electron chi connectivity index (χ3n) is 2.49. The van der Waals surface area contributed by atoms with Crippen LogP contribution in [0.5, 0.6) is 5.75 Å². The number of benzene rings is 1. The van der Waals surface area contributed by atoms with Crippen molar-refractivity contribution >= 4 is 5.97 Å². The van der Waals surface area contributed by atoms with E-state index in [1.807, 2.05) is 18.2 Å². The van der Waals surface area contributed by atoms with Gasteiger partial charge in [0.15, 0.2) is 0 Å². The highest BCUT2D eigenvalue weighted by atomic mass is 19.1. The standard InChI is InChI=1S/C14H17FO3/c1-4-18-14(16)13(15)8-10(2)11-6-5-7-12(9-11)17-3/h5-10H,4H2,1-3H3. The molecule has 1 aromatic carbocycles. The van der Waals surface area contributed by atoms with Gasteiger partial charge in [0, 0.05) is 5.92 Å². The summed E-state index contributed by atoms with van der Waals surface area (Å²) in [5.74, 6) is -1.33. The van der Waals surface area contributed by atoms with Crippen LogP contribution in [0.4, 0.5) is 4.39 Å². The zero-order chi connectivity index (χ0) is 13.5. The first-order valence-corrected chi connectivity index (χ1v) is 5.76. The van der Waals surface area contributed by atoms with Gasteiger partial charge in [-0.3, -0.25) is 0 Å². The Morgan fingerprint density at radius 2 is 2.22 bits per heavy atom. The van der Waals surface area contributed by atoms with E-state index in [9.17, 15) is 9.18 Å². The minimum absolute atomic E-state index is 0.160. The summed E-state index contributed by atoms with van der Waals surface area (Å²) in [7, 11) is 1.57. The quantitative estimate of drug-likeness (QED) is 0.596. The van der Waals surface area contributed by atoms with Crippen LogP contribution >= 0.6 is 0 Å². The number of carbonyl (C=O) groups excluding carboxylic acids is 1. The van der Waals surface area contributed by atoms with Crippen LogP contribution in [-0.4, -0.2) is 19.7 Å². The fourth-order valence-corrected chi connectivity index (χ4v) is 1.51. The number of allylic oxidation sites excluding steroid dienone is 1. The van der Waals surface area contributed by atoms with Crippen molar-refractivity contribution in [3.8, 4) is 5.75 Å². The number of carbonyl (C=O) groups is 1. The van der Waals surface area contributed by atoms with Crippen molar-refractivity contribution in [3.05, 3.63) is 41.7 Å². The Morgan fingerprint density at radius 3 is 2.83 bits per heavy atom. The molecule has 0 radical (unpaired) electrons. The molecule has 0 saturated heterocycles. The molecule has 1 aromatic rings. The van der Waals surface area contributed by atoms with Gasteiger partial charge in [0.05, 0.1) is 13.7 Å². The Kier molecular flexibility index (Phi) is 5.36. The summed E-state index contributed by atoms with van der Waals surface area (Å²) in [5.41, 5.74) is 0.869. The van der Waals surface area contributed by atoms with Crippen LogP contribution in [0.2, 0.25) is 0 Å². The summed E-state index contributed by atoms with van der Waals surface area (Å²) >= 11 is 0. The summed E-state index contributed by atoms with van der Waals surface area (Å²) in [6, 6.07) is 7.28. The minimum atomic E-state index is -0.924. The van der Waals surface area contributed by atoms with Crippen LogP contribution in [0.3, 0.4) is 0 Å². The van der Waals surface area contributed by atoms with E-state index in [4.69, 9.17) is 4.74 Å². The monoisotopic (exact) mass is 252 g/mol. The second-order valence-electron chi connectivity index (χ2n) is 3.80. The van der Waals surface area contributed by atoms with Crippen LogP contribution < -0.4 is 4.74 Å². The molecule has 0 amide bonds. The summed E-state index contributed by atoms with van der Waals surface area (Å²) in [4.78, 5) is 11.1. The van der Waals surface area contributed by atoms with E-state index >= 15 is 0 Å². The van der Waals surface area contributed by atoms with Crippen molar-refractivity contribution in [2.75, 3.05) is 13.7 Å². The highest BCUT2D eigenvalue weighted by Crippen LogP contribution is 2.23. The number of hydrogen-bond acceptors (Lipinski definition) is 3. The topological polar surface area (TPSA) is 35.5 Å². The molecule has 1 atom stereocenters. The van der Waals surface area contributed by atoms with E-state index in [0.29, 0.717) is 5.75 Å². The average Bonchev–Trinajstić information content (AvgIpc) is 2.39. The van der Waals surface area contributed by atoms with Crippen molar-refractivity contribution in [1.29, 1.82) is 0 Å². The number of rotatable bonds is 5. The zero-order valence-electron chi connectivity index (χ0n) is 10.8. The number of esters is 1. The molecule has 0 bridgehead atoms. The summed E-state index contributed by atoms with van der Waals surface area (Å²) in [6.45, 7) is 3.60. The third-order valence-corrected chi connectivity index (χ3v) is 2.49. The van der Waals surface area contributed by atoms with E-state index in [0.717, 1.165) is 5.56 Å². The van der Waals surface area contributed by atoms with Gasteiger partial charge in [-0.1, -0.05) is 19.1 Å². The van der Waals surface area contributed by atoms with Gasteiger partial charge in [0.25, 0.3) is 0 Å². The zero-order valence-corrected chi connectivity index (χ0v) is 10.8. The molecule has 0 aliphatic rings. The van der Waals surface area contributed by atoms with E-state index in [1.165, 1.54) is 6.08 Å². The predicted octanol–water partition coefficient (Wildman–Crippen LogP) is 3.22. The highest BCUT2D eigenvalue weighted by Gasteiger charge is 2.12. The second kappa shape index (κ2) is 6.79.